The Morgan fingerprint density at radius 3 is 2.72 bits per heavy atom. The first-order valence-corrected chi connectivity index (χ1v) is 10.5. The number of ether oxygens (including phenoxy) is 2. The predicted octanol–water partition coefficient (Wildman–Crippen LogP) is 2.82. The minimum Gasteiger partial charge on any atom is -0.479 e. The van der Waals surface area contributed by atoms with E-state index in [1.54, 1.807) is 30.9 Å². The summed E-state index contributed by atoms with van der Waals surface area (Å²) in [6, 6.07) is 7.23. The first-order chi connectivity index (χ1) is 14.0. The van der Waals surface area contributed by atoms with Gasteiger partial charge in [-0.25, -0.2) is 0 Å². The average molecular weight is 402 g/mol. The molecular formula is C22H30N2O5. The number of fused-ring (bicyclic) bond motifs is 1. The third-order valence-corrected chi connectivity index (χ3v) is 5.58. The van der Waals surface area contributed by atoms with Crippen molar-refractivity contribution in [2.75, 3.05) is 18.0 Å². The summed E-state index contributed by atoms with van der Waals surface area (Å²) >= 11 is 0. The molecule has 1 aliphatic heterocycles. The van der Waals surface area contributed by atoms with Gasteiger partial charge < -0.3 is 19.7 Å². The lowest BCUT2D eigenvalue weighted by atomic mass is 9.89. The van der Waals surface area contributed by atoms with E-state index in [0.717, 1.165) is 12.8 Å². The summed E-state index contributed by atoms with van der Waals surface area (Å²) < 4.78 is 10.9. The molecule has 0 saturated heterocycles. The molecule has 0 radical (unpaired) electrons. The largest absolute Gasteiger partial charge is 0.479 e. The number of hydrogen-bond donors (Lipinski definition) is 1. The molecule has 7 nitrogen and oxygen atoms in total. The topological polar surface area (TPSA) is 84.9 Å². The number of rotatable bonds is 7. The fraction of sp³-hybridized carbons (Fsp3) is 0.591. The van der Waals surface area contributed by atoms with Crippen molar-refractivity contribution in [2.45, 2.75) is 64.6 Å². The number of nitrogens with one attached hydrogen (secondary N) is 1. The van der Waals surface area contributed by atoms with Crippen molar-refractivity contribution in [1.29, 1.82) is 0 Å². The van der Waals surface area contributed by atoms with Crippen LogP contribution in [-0.2, 0) is 19.1 Å². The highest BCUT2D eigenvalue weighted by atomic mass is 16.5. The normalized spacial score (nSPS) is 20.4. The zero-order valence-electron chi connectivity index (χ0n) is 17.2. The van der Waals surface area contributed by atoms with Gasteiger partial charge >= 0.3 is 5.97 Å². The fourth-order valence-electron chi connectivity index (χ4n) is 3.88. The van der Waals surface area contributed by atoms with Crippen LogP contribution in [0.1, 0.15) is 52.4 Å². The lowest BCUT2D eigenvalue weighted by molar-refractivity contribution is -0.154. The van der Waals surface area contributed by atoms with Crippen molar-refractivity contribution in [3.05, 3.63) is 24.3 Å². The lowest BCUT2D eigenvalue weighted by Crippen LogP contribution is -2.45. The molecule has 1 heterocycles. The molecule has 1 aromatic carbocycles. The molecule has 1 N–H and O–H groups in total. The van der Waals surface area contributed by atoms with Crippen molar-refractivity contribution in [3.63, 3.8) is 0 Å². The summed E-state index contributed by atoms with van der Waals surface area (Å²) in [6.07, 6.45) is 4.54. The SMILES string of the molecule is C[C@H](OC(=O)CCN1C(=O)[C@@H](C)Oc2ccccc21)C(=O)NCC1CCCCC1. The van der Waals surface area contributed by atoms with E-state index in [0.29, 0.717) is 23.9 Å². The van der Waals surface area contributed by atoms with Crippen LogP contribution in [0.3, 0.4) is 0 Å². The van der Waals surface area contributed by atoms with Gasteiger partial charge in [0.05, 0.1) is 12.1 Å². The van der Waals surface area contributed by atoms with Crippen LogP contribution in [0.25, 0.3) is 0 Å². The Bertz CT molecular complexity index is 744. The van der Waals surface area contributed by atoms with Crippen LogP contribution in [-0.4, -0.2) is 43.1 Å². The standard InChI is InChI=1S/C22H30N2O5/c1-15(21(26)23-14-17-8-4-3-5-9-17)29-20(25)12-13-24-18-10-6-7-11-19(18)28-16(2)22(24)27/h6-7,10-11,15-17H,3-5,8-9,12-14H2,1-2H3,(H,23,26)/t15-,16+/m0/s1. The Balaban J connectivity index is 1.46. The van der Waals surface area contributed by atoms with Gasteiger partial charge in [-0.3, -0.25) is 14.4 Å². The number of anilines is 1. The number of para-hydroxylation sites is 2. The molecule has 7 heteroatoms. The highest BCUT2D eigenvalue weighted by molar-refractivity contribution is 6.00. The Labute approximate surface area is 171 Å². The Morgan fingerprint density at radius 2 is 1.97 bits per heavy atom. The smallest absolute Gasteiger partial charge is 0.308 e. The van der Waals surface area contributed by atoms with Gasteiger partial charge in [-0.05, 0) is 44.7 Å². The van der Waals surface area contributed by atoms with Gasteiger partial charge in [0.1, 0.15) is 5.75 Å². The molecule has 1 aliphatic carbocycles. The van der Waals surface area contributed by atoms with E-state index in [1.807, 2.05) is 12.1 Å². The van der Waals surface area contributed by atoms with Crippen molar-refractivity contribution in [3.8, 4) is 5.75 Å². The minimum atomic E-state index is -0.849. The van der Waals surface area contributed by atoms with E-state index >= 15 is 0 Å². The average Bonchev–Trinajstić information content (AvgIpc) is 2.73. The molecule has 2 aliphatic rings. The lowest BCUT2D eigenvalue weighted by Gasteiger charge is -2.32. The van der Waals surface area contributed by atoms with Gasteiger partial charge in [-0.2, -0.15) is 0 Å². The van der Waals surface area contributed by atoms with E-state index in [-0.39, 0.29) is 24.8 Å². The third-order valence-electron chi connectivity index (χ3n) is 5.58. The van der Waals surface area contributed by atoms with Gasteiger partial charge in [0.25, 0.3) is 11.8 Å². The second-order valence-corrected chi connectivity index (χ2v) is 7.85. The summed E-state index contributed by atoms with van der Waals surface area (Å²) in [6.45, 7) is 4.07. The monoisotopic (exact) mass is 402 g/mol. The van der Waals surface area contributed by atoms with Crippen molar-refractivity contribution in [2.24, 2.45) is 5.92 Å². The highest BCUT2D eigenvalue weighted by Crippen LogP contribution is 2.33. The van der Waals surface area contributed by atoms with E-state index < -0.39 is 18.2 Å². The quantitative estimate of drug-likeness (QED) is 0.709. The first kappa shape index (κ1) is 21.1. The molecule has 0 aromatic heterocycles. The number of benzene rings is 1. The summed E-state index contributed by atoms with van der Waals surface area (Å²) in [7, 11) is 0. The Kier molecular flexibility index (Phi) is 7.12. The third kappa shape index (κ3) is 5.49. The molecule has 0 unspecified atom stereocenters. The first-order valence-electron chi connectivity index (χ1n) is 10.5. The molecule has 2 atom stereocenters. The number of nitrogens with zero attached hydrogens (tertiary/aromatic N) is 1. The number of esters is 1. The van der Waals surface area contributed by atoms with Gasteiger partial charge in [0, 0.05) is 13.1 Å². The van der Waals surface area contributed by atoms with E-state index in [4.69, 9.17) is 9.47 Å². The molecule has 0 spiro atoms. The number of carbonyl (C=O) groups is 3. The van der Waals surface area contributed by atoms with Gasteiger partial charge in [0.2, 0.25) is 0 Å². The second kappa shape index (κ2) is 9.76. The number of hydrogen-bond acceptors (Lipinski definition) is 5. The van der Waals surface area contributed by atoms with Crippen molar-refractivity contribution < 1.29 is 23.9 Å². The Morgan fingerprint density at radius 1 is 1.24 bits per heavy atom. The predicted molar refractivity (Wildman–Crippen MR) is 109 cm³/mol. The van der Waals surface area contributed by atoms with Crippen LogP contribution in [0.4, 0.5) is 5.69 Å². The maximum Gasteiger partial charge on any atom is 0.308 e. The van der Waals surface area contributed by atoms with Crippen LogP contribution in [0.2, 0.25) is 0 Å². The van der Waals surface area contributed by atoms with Crippen molar-refractivity contribution in [1.82, 2.24) is 5.32 Å². The summed E-state index contributed by atoms with van der Waals surface area (Å²) in [5.41, 5.74) is 0.640. The molecule has 3 rings (SSSR count). The zero-order chi connectivity index (χ0) is 20.8. The Hall–Kier alpha value is -2.57. The van der Waals surface area contributed by atoms with Crippen LogP contribution in [0, 0.1) is 5.92 Å². The summed E-state index contributed by atoms with van der Waals surface area (Å²) in [5.74, 6) is 0.156. The zero-order valence-corrected chi connectivity index (χ0v) is 17.2. The summed E-state index contributed by atoms with van der Waals surface area (Å²) in [5, 5.41) is 2.89. The van der Waals surface area contributed by atoms with E-state index in [2.05, 4.69) is 5.32 Å². The second-order valence-electron chi connectivity index (χ2n) is 7.85. The number of amides is 2. The molecule has 1 saturated carbocycles. The van der Waals surface area contributed by atoms with Crippen LogP contribution in [0.5, 0.6) is 5.75 Å². The maximum atomic E-state index is 12.5. The maximum absolute atomic E-state index is 12.5. The van der Waals surface area contributed by atoms with Gasteiger partial charge in [-0.1, -0.05) is 31.4 Å². The fourth-order valence-corrected chi connectivity index (χ4v) is 3.88. The van der Waals surface area contributed by atoms with Gasteiger partial charge in [0.15, 0.2) is 12.2 Å². The molecule has 1 fully saturated rings. The van der Waals surface area contributed by atoms with Crippen LogP contribution >= 0.6 is 0 Å². The highest BCUT2D eigenvalue weighted by Gasteiger charge is 2.31. The molecule has 2 amide bonds. The molecule has 158 valence electrons. The molecule has 0 bridgehead atoms. The van der Waals surface area contributed by atoms with E-state index in [1.165, 1.54) is 19.3 Å². The van der Waals surface area contributed by atoms with Crippen LogP contribution < -0.4 is 15.0 Å². The van der Waals surface area contributed by atoms with Gasteiger partial charge in [-0.15, -0.1) is 0 Å². The number of carbonyl (C=O) groups excluding carboxylic acids is 3. The molecule has 29 heavy (non-hydrogen) atoms. The molecular weight excluding hydrogens is 372 g/mol. The minimum absolute atomic E-state index is 0.00698. The van der Waals surface area contributed by atoms with Crippen molar-refractivity contribution >= 4 is 23.5 Å². The molecule has 1 aromatic rings. The summed E-state index contributed by atoms with van der Waals surface area (Å²) in [4.78, 5) is 38.4. The van der Waals surface area contributed by atoms with E-state index in [9.17, 15) is 14.4 Å². The van der Waals surface area contributed by atoms with Crippen LogP contribution in [0.15, 0.2) is 24.3 Å².